The minimum atomic E-state index is -0.0320. The Morgan fingerprint density at radius 3 is 2.47 bits per heavy atom. The average molecular weight is 212 g/mol. The molecule has 0 fully saturated rings. The molecule has 2 amide bonds. The van der Waals surface area contributed by atoms with Crippen molar-refractivity contribution in [2.24, 2.45) is 0 Å². The predicted molar refractivity (Wildman–Crippen MR) is 60.4 cm³/mol. The highest BCUT2D eigenvalue weighted by Gasteiger charge is 2.06. The van der Waals surface area contributed by atoms with Gasteiger partial charge in [0, 0.05) is 33.5 Å². The number of hydrogen-bond acceptors (Lipinski definition) is 2. The normalized spacial score (nSPS) is 9.47. The summed E-state index contributed by atoms with van der Waals surface area (Å²) in [6.07, 6.45) is 3.39. The van der Waals surface area contributed by atoms with Crippen LogP contribution in [0, 0.1) is 0 Å². The van der Waals surface area contributed by atoms with Gasteiger partial charge in [-0.1, -0.05) is 6.08 Å². The summed E-state index contributed by atoms with van der Waals surface area (Å²) in [7, 11) is 0. The molecule has 0 radical (unpaired) electrons. The first-order valence-electron chi connectivity index (χ1n) is 5.18. The van der Waals surface area contributed by atoms with E-state index in [1.807, 2.05) is 0 Å². The molecule has 1 N–H and O–H groups in total. The Labute approximate surface area is 91.3 Å². The van der Waals surface area contributed by atoms with Gasteiger partial charge in [0.25, 0.3) is 0 Å². The van der Waals surface area contributed by atoms with Gasteiger partial charge in [-0.2, -0.15) is 0 Å². The van der Waals surface area contributed by atoms with Crippen LogP contribution < -0.4 is 5.32 Å². The summed E-state index contributed by atoms with van der Waals surface area (Å²) in [5, 5.41) is 2.70. The monoisotopic (exact) mass is 212 g/mol. The lowest BCUT2D eigenvalue weighted by Crippen LogP contribution is -2.33. The van der Waals surface area contributed by atoms with E-state index in [0.29, 0.717) is 19.6 Å². The first kappa shape index (κ1) is 13.7. The van der Waals surface area contributed by atoms with Gasteiger partial charge in [0.05, 0.1) is 0 Å². The number of carbonyl (C=O) groups excluding carboxylic acids is 2. The summed E-state index contributed by atoms with van der Waals surface area (Å²) in [6.45, 7) is 8.67. The zero-order valence-corrected chi connectivity index (χ0v) is 9.58. The molecule has 0 spiro atoms. The minimum Gasteiger partial charge on any atom is -0.356 e. The van der Waals surface area contributed by atoms with Crippen molar-refractivity contribution in [3.05, 3.63) is 12.7 Å². The Bertz CT molecular complexity index is 227. The average Bonchev–Trinajstić information content (AvgIpc) is 2.15. The molecule has 0 saturated carbocycles. The van der Waals surface area contributed by atoms with Crippen LogP contribution in [-0.4, -0.2) is 36.3 Å². The Morgan fingerprint density at radius 2 is 2.00 bits per heavy atom. The van der Waals surface area contributed by atoms with E-state index in [1.54, 1.807) is 17.9 Å². The van der Waals surface area contributed by atoms with Gasteiger partial charge in [0.15, 0.2) is 0 Å². The second-order valence-corrected chi connectivity index (χ2v) is 3.42. The quantitative estimate of drug-likeness (QED) is 0.504. The zero-order chi connectivity index (χ0) is 11.7. The highest BCUT2D eigenvalue weighted by Crippen LogP contribution is 1.95. The molecule has 15 heavy (non-hydrogen) atoms. The number of nitrogens with one attached hydrogen (secondary N) is 1. The SMILES string of the molecule is C=CCCN(CCCNC(C)=O)C(C)=O. The fourth-order valence-electron chi connectivity index (χ4n) is 1.21. The molecule has 0 aromatic rings. The number of nitrogens with zero attached hydrogens (tertiary/aromatic N) is 1. The van der Waals surface area contributed by atoms with Crippen LogP contribution >= 0.6 is 0 Å². The lowest BCUT2D eigenvalue weighted by molar-refractivity contribution is -0.128. The Kier molecular flexibility index (Phi) is 7.32. The first-order valence-corrected chi connectivity index (χ1v) is 5.18. The van der Waals surface area contributed by atoms with Crippen LogP contribution in [0.25, 0.3) is 0 Å². The summed E-state index contributed by atoms with van der Waals surface area (Å²) in [4.78, 5) is 23.5. The maximum atomic E-state index is 11.2. The van der Waals surface area contributed by atoms with E-state index >= 15 is 0 Å². The summed E-state index contributed by atoms with van der Waals surface area (Å²) >= 11 is 0. The molecule has 4 nitrogen and oxygen atoms in total. The largest absolute Gasteiger partial charge is 0.356 e. The summed E-state index contributed by atoms with van der Waals surface area (Å²) in [6, 6.07) is 0. The van der Waals surface area contributed by atoms with Crippen molar-refractivity contribution in [3.8, 4) is 0 Å². The topological polar surface area (TPSA) is 49.4 Å². The molecular formula is C11H20N2O2. The van der Waals surface area contributed by atoms with Crippen molar-refractivity contribution >= 4 is 11.8 Å². The van der Waals surface area contributed by atoms with Crippen molar-refractivity contribution in [1.82, 2.24) is 10.2 Å². The van der Waals surface area contributed by atoms with E-state index in [-0.39, 0.29) is 11.8 Å². The fourth-order valence-corrected chi connectivity index (χ4v) is 1.21. The van der Waals surface area contributed by atoms with Gasteiger partial charge in [-0.15, -0.1) is 6.58 Å². The van der Waals surface area contributed by atoms with Crippen molar-refractivity contribution in [2.75, 3.05) is 19.6 Å². The number of carbonyl (C=O) groups is 2. The van der Waals surface area contributed by atoms with Gasteiger partial charge >= 0.3 is 0 Å². The Morgan fingerprint density at radius 1 is 1.33 bits per heavy atom. The maximum absolute atomic E-state index is 11.2. The maximum Gasteiger partial charge on any atom is 0.219 e. The van der Waals surface area contributed by atoms with E-state index in [1.165, 1.54) is 6.92 Å². The van der Waals surface area contributed by atoms with Crippen LogP contribution in [0.1, 0.15) is 26.7 Å². The summed E-state index contributed by atoms with van der Waals surface area (Å²) in [5.74, 6) is 0.0372. The second-order valence-electron chi connectivity index (χ2n) is 3.42. The minimum absolute atomic E-state index is 0.0320. The molecule has 0 aromatic heterocycles. The van der Waals surface area contributed by atoms with Crippen LogP contribution in [0.2, 0.25) is 0 Å². The summed E-state index contributed by atoms with van der Waals surface area (Å²) < 4.78 is 0. The molecule has 0 unspecified atom stereocenters. The number of amides is 2. The summed E-state index contributed by atoms with van der Waals surface area (Å²) in [5.41, 5.74) is 0. The molecule has 0 aliphatic carbocycles. The van der Waals surface area contributed by atoms with Crippen molar-refractivity contribution in [1.29, 1.82) is 0 Å². The first-order chi connectivity index (χ1) is 7.07. The van der Waals surface area contributed by atoms with Gasteiger partial charge in [-0.25, -0.2) is 0 Å². The van der Waals surface area contributed by atoms with Crippen LogP contribution in [0.4, 0.5) is 0 Å². The van der Waals surface area contributed by atoms with E-state index < -0.39 is 0 Å². The molecule has 0 aliphatic rings. The molecule has 0 aromatic carbocycles. The van der Waals surface area contributed by atoms with Gasteiger partial charge in [0.2, 0.25) is 11.8 Å². The lowest BCUT2D eigenvalue weighted by Gasteiger charge is -2.20. The van der Waals surface area contributed by atoms with E-state index in [2.05, 4.69) is 11.9 Å². The van der Waals surface area contributed by atoms with Gasteiger partial charge in [-0.3, -0.25) is 9.59 Å². The predicted octanol–water partition coefficient (Wildman–Crippen LogP) is 0.937. The van der Waals surface area contributed by atoms with Crippen molar-refractivity contribution in [2.45, 2.75) is 26.7 Å². The fraction of sp³-hybridized carbons (Fsp3) is 0.636. The third-order valence-electron chi connectivity index (χ3n) is 2.03. The molecule has 0 heterocycles. The van der Waals surface area contributed by atoms with Crippen molar-refractivity contribution in [3.63, 3.8) is 0 Å². The van der Waals surface area contributed by atoms with Crippen LogP contribution in [0.5, 0.6) is 0 Å². The Balaban J connectivity index is 3.70. The molecule has 0 aliphatic heterocycles. The van der Waals surface area contributed by atoms with Gasteiger partial charge < -0.3 is 10.2 Å². The third kappa shape index (κ3) is 7.73. The molecule has 0 atom stereocenters. The molecular weight excluding hydrogens is 192 g/mol. The second kappa shape index (κ2) is 8.03. The van der Waals surface area contributed by atoms with Crippen LogP contribution in [0.3, 0.4) is 0 Å². The zero-order valence-electron chi connectivity index (χ0n) is 9.58. The van der Waals surface area contributed by atoms with E-state index in [0.717, 1.165) is 12.8 Å². The third-order valence-corrected chi connectivity index (χ3v) is 2.03. The van der Waals surface area contributed by atoms with Crippen LogP contribution in [-0.2, 0) is 9.59 Å². The van der Waals surface area contributed by atoms with E-state index in [4.69, 9.17) is 0 Å². The molecule has 86 valence electrons. The number of hydrogen-bond donors (Lipinski definition) is 1. The highest BCUT2D eigenvalue weighted by atomic mass is 16.2. The lowest BCUT2D eigenvalue weighted by atomic mass is 10.3. The van der Waals surface area contributed by atoms with E-state index in [9.17, 15) is 9.59 Å². The molecule has 4 heteroatoms. The molecule has 0 bridgehead atoms. The van der Waals surface area contributed by atoms with Gasteiger partial charge in [-0.05, 0) is 12.8 Å². The highest BCUT2D eigenvalue weighted by molar-refractivity contribution is 5.73. The smallest absolute Gasteiger partial charge is 0.219 e. The van der Waals surface area contributed by atoms with Gasteiger partial charge in [0.1, 0.15) is 0 Å². The molecule has 0 saturated heterocycles. The number of rotatable bonds is 7. The van der Waals surface area contributed by atoms with Crippen LogP contribution in [0.15, 0.2) is 12.7 Å². The van der Waals surface area contributed by atoms with Crippen molar-refractivity contribution < 1.29 is 9.59 Å². The molecule has 0 rings (SSSR count). The standard InChI is InChI=1S/C11H20N2O2/c1-4-5-8-13(11(3)15)9-6-7-12-10(2)14/h4H,1,5-9H2,2-3H3,(H,12,14). The Hall–Kier alpha value is -1.32.